The Labute approximate surface area is 113 Å². The summed E-state index contributed by atoms with van der Waals surface area (Å²) in [5.74, 6) is 0. The smallest absolute Gasteiger partial charge is 0.180 e. The third-order valence-electron chi connectivity index (χ3n) is 3.20. The van der Waals surface area contributed by atoms with Crippen molar-refractivity contribution in [1.29, 1.82) is 0 Å². The van der Waals surface area contributed by atoms with E-state index >= 15 is 0 Å². The zero-order valence-electron chi connectivity index (χ0n) is 11.3. The third-order valence-corrected chi connectivity index (χ3v) is 10.2. The second-order valence-electron chi connectivity index (χ2n) is 4.98. The molecule has 0 amide bonds. The quantitative estimate of drug-likeness (QED) is 0.840. The molecule has 93 valence electrons. The Morgan fingerprint density at radius 2 is 1.17 bits per heavy atom. The predicted octanol–water partition coefficient (Wildman–Crippen LogP) is 2.22. The molecule has 0 bridgehead atoms. The summed E-state index contributed by atoms with van der Waals surface area (Å²) in [6.07, 6.45) is 0. The maximum Gasteiger partial charge on any atom is 0.180 e. The molecular weight excluding hydrogens is 250 g/mol. The van der Waals surface area contributed by atoms with Crippen LogP contribution in [-0.2, 0) is 0 Å². The second-order valence-corrected chi connectivity index (χ2v) is 11.4. The maximum absolute atomic E-state index is 3.93. The summed E-state index contributed by atoms with van der Waals surface area (Å²) in [4.78, 5) is 0. The molecule has 18 heavy (non-hydrogen) atoms. The fraction of sp³-hybridized carbons (Fsp3) is 0.200. The molecule has 2 aromatic rings. The van der Waals surface area contributed by atoms with E-state index in [-0.39, 0.29) is 0 Å². The van der Waals surface area contributed by atoms with Crippen molar-refractivity contribution in [1.82, 2.24) is 4.65 Å². The van der Waals surface area contributed by atoms with Crippen molar-refractivity contribution >= 4 is 27.6 Å². The van der Waals surface area contributed by atoms with Crippen LogP contribution in [-0.4, -0.2) is 17.2 Å². The zero-order valence-corrected chi connectivity index (χ0v) is 13.3. The first-order valence-electron chi connectivity index (χ1n) is 6.32. The van der Waals surface area contributed by atoms with Crippen LogP contribution in [0.15, 0.2) is 60.7 Å². The van der Waals surface area contributed by atoms with Crippen molar-refractivity contribution in [2.45, 2.75) is 19.6 Å². The fourth-order valence-electron chi connectivity index (χ4n) is 2.35. The van der Waals surface area contributed by atoms with Crippen molar-refractivity contribution < 1.29 is 0 Å². The van der Waals surface area contributed by atoms with Crippen LogP contribution in [0.3, 0.4) is 0 Å². The fourth-order valence-corrected chi connectivity index (χ4v) is 9.56. The standard InChI is InChI=1S/C15H20NSi2/c1-17(2)16-18(3,14-10-6-4-7-11-14)15-12-8-5-9-13-15/h4-13,16H,1-3H3. The molecule has 0 aliphatic heterocycles. The summed E-state index contributed by atoms with van der Waals surface area (Å²) in [6.45, 7) is 7.05. The normalized spacial score (nSPS) is 11.8. The van der Waals surface area contributed by atoms with Crippen LogP contribution in [0, 0.1) is 0 Å². The molecule has 0 aliphatic carbocycles. The molecule has 0 heterocycles. The summed E-state index contributed by atoms with van der Waals surface area (Å²) < 4.78 is 3.93. The van der Waals surface area contributed by atoms with E-state index in [1.54, 1.807) is 0 Å². The van der Waals surface area contributed by atoms with Crippen LogP contribution in [0.1, 0.15) is 0 Å². The van der Waals surface area contributed by atoms with Gasteiger partial charge < -0.3 is 4.65 Å². The van der Waals surface area contributed by atoms with Gasteiger partial charge in [0.05, 0.1) is 0 Å². The van der Waals surface area contributed by atoms with Gasteiger partial charge in [-0.3, -0.25) is 0 Å². The predicted molar refractivity (Wildman–Crippen MR) is 84.4 cm³/mol. The first kappa shape index (κ1) is 13.3. The van der Waals surface area contributed by atoms with Crippen molar-refractivity contribution in [3.8, 4) is 0 Å². The van der Waals surface area contributed by atoms with E-state index in [2.05, 4.69) is 85.0 Å². The van der Waals surface area contributed by atoms with Gasteiger partial charge in [-0.15, -0.1) is 0 Å². The Hall–Kier alpha value is -1.17. The highest BCUT2D eigenvalue weighted by molar-refractivity contribution is 7.03. The van der Waals surface area contributed by atoms with Crippen LogP contribution in [0.4, 0.5) is 0 Å². The highest BCUT2D eigenvalue weighted by Crippen LogP contribution is 2.03. The van der Waals surface area contributed by atoms with Crippen LogP contribution >= 0.6 is 0 Å². The van der Waals surface area contributed by atoms with E-state index in [4.69, 9.17) is 0 Å². The minimum Gasteiger partial charge on any atom is -0.353 e. The van der Waals surface area contributed by atoms with Gasteiger partial charge in [0.15, 0.2) is 8.24 Å². The van der Waals surface area contributed by atoms with Crippen LogP contribution < -0.4 is 15.0 Å². The largest absolute Gasteiger partial charge is 0.353 e. The van der Waals surface area contributed by atoms with E-state index in [1.807, 2.05) is 0 Å². The van der Waals surface area contributed by atoms with E-state index in [0.29, 0.717) is 0 Å². The van der Waals surface area contributed by atoms with Gasteiger partial charge in [0.2, 0.25) is 0 Å². The average molecular weight is 271 g/mol. The third kappa shape index (κ3) is 2.80. The van der Waals surface area contributed by atoms with Gasteiger partial charge in [0, 0.05) is 0 Å². The number of hydrogen-bond donors (Lipinski definition) is 1. The lowest BCUT2D eigenvalue weighted by atomic mass is 10.4. The highest BCUT2D eigenvalue weighted by atomic mass is 28.4. The van der Waals surface area contributed by atoms with Gasteiger partial charge in [-0.05, 0) is 16.9 Å². The van der Waals surface area contributed by atoms with Crippen LogP contribution in [0.2, 0.25) is 19.6 Å². The van der Waals surface area contributed by atoms with Crippen molar-refractivity contribution in [2.75, 3.05) is 0 Å². The molecule has 0 fully saturated rings. The van der Waals surface area contributed by atoms with E-state index in [9.17, 15) is 0 Å². The molecule has 2 aromatic carbocycles. The summed E-state index contributed by atoms with van der Waals surface area (Å²) in [5.41, 5.74) is 0. The van der Waals surface area contributed by atoms with Gasteiger partial charge in [-0.1, -0.05) is 73.8 Å². The minimum absolute atomic E-state index is 0.474. The first-order valence-corrected chi connectivity index (χ1v) is 11.3. The number of benzene rings is 2. The molecule has 1 radical (unpaired) electrons. The molecule has 0 atom stereocenters. The lowest BCUT2D eigenvalue weighted by Gasteiger charge is -2.31. The molecular formula is C15H20NSi2. The van der Waals surface area contributed by atoms with Gasteiger partial charge in [-0.25, -0.2) is 0 Å². The molecule has 0 unspecified atom stereocenters. The van der Waals surface area contributed by atoms with Gasteiger partial charge >= 0.3 is 0 Å². The molecule has 0 saturated carbocycles. The van der Waals surface area contributed by atoms with E-state index in [1.165, 1.54) is 10.4 Å². The van der Waals surface area contributed by atoms with Crippen molar-refractivity contribution in [2.24, 2.45) is 0 Å². The summed E-state index contributed by atoms with van der Waals surface area (Å²) in [6, 6.07) is 21.8. The summed E-state index contributed by atoms with van der Waals surface area (Å²) in [7, 11) is -2.24. The van der Waals surface area contributed by atoms with Gasteiger partial charge in [0.1, 0.15) is 8.96 Å². The topological polar surface area (TPSA) is 12.0 Å². The molecule has 0 saturated heterocycles. The molecule has 0 aliphatic rings. The lowest BCUT2D eigenvalue weighted by Crippen LogP contribution is -2.69. The Morgan fingerprint density at radius 1 is 0.778 bits per heavy atom. The molecule has 1 nitrogen and oxygen atoms in total. The lowest BCUT2D eigenvalue weighted by molar-refractivity contribution is 1.40. The maximum atomic E-state index is 3.93. The highest BCUT2D eigenvalue weighted by Gasteiger charge is 2.32. The Balaban J connectivity index is 2.48. The second kappa shape index (κ2) is 5.65. The molecule has 2 rings (SSSR count). The van der Waals surface area contributed by atoms with Crippen molar-refractivity contribution in [3.63, 3.8) is 0 Å². The Bertz CT molecular complexity index is 443. The zero-order chi connectivity index (χ0) is 13.0. The minimum atomic E-state index is -1.77. The van der Waals surface area contributed by atoms with Gasteiger partial charge in [0.25, 0.3) is 0 Å². The number of nitrogens with one attached hydrogen (secondary N) is 1. The molecule has 1 N–H and O–H groups in total. The Kier molecular flexibility index (Phi) is 4.16. The summed E-state index contributed by atoms with van der Waals surface area (Å²) in [5, 5.41) is 2.92. The first-order chi connectivity index (χ1) is 8.63. The number of rotatable bonds is 4. The van der Waals surface area contributed by atoms with Gasteiger partial charge in [-0.2, -0.15) is 0 Å². The molecule has 0 aromatic heterocycles. The molecule has 3 heteroatoms. The molecule has 0 spiro atoms. The van der Waals surface area contributed by atoms with Crippen LogP contribution in [0.25, 0.3) is 0 Å². The summed E-state index contributed by atoms with van der Waals surface area (Å²) >= 11 is 0. The number of hydrogen-bond acceptors (Lipinski definition) is 1. The van der Waals surface area contributed by atoms with Crippen molar-refractivity contribution in [3.05, 3.63) is 60.7 Å². The van der Waals surface area contributed by atoms with Crippen LogP contribution in [0.5, 0.6) is 0 Å². The monoisotopic (exact) mass is 270 g/mol. The SMILES string of the molecule is C[Si](C)N[Si](C)(c1ccccc1)c1ccccc1. The van der Waals surface area contributed by atoms with E-state index in [0.717, 1.165) is 0 Å². The average Bonchev–Trinajstić information content (AvgIpc) is 2.40. The Morgan fingerprint density at radius 3 is 1.50 bits per heavy atom. The van der Waals surface area contributed by atoms with E-state index < -0.39 is 17.2 Å².